The van der Waals surface area contributed by atoms with E-state index < -0.39 is 0 Å². The summed E-state index contributed by atoms with van der Waals surface area (Å²) in [5.74, 6) is -0.386. The smallest absolute Gasteiger partial charge is 0.338 e. The monoisotopic (exact) mass is 380 g/mol. The number of esters is 1. The molecular weight excluding hydrogens is 364 g/mol. The summed E-state index contributed by atoms with van der Waals surface area (Å²) in [7, 11) is 0. The molecule has 27 heavy (non-hydrogen) atoms. The molecule has 4 rings (SSSR count). The molecule has 3 aromatic heterocycles. The van der Waals surface area contributed by atoms with Crippen LogP contribution in [0, 0.1) is 6.92 Å². The first-order valence-electron chi connectivity index (χ1n) is 8.52. The Morgan fingerprint density at radius 3 is 2.70 bits per heavy atom. The van der Waals surface area contributed by atoms with Crippen LogP contribution in [0.3, 0.4) is 0 Å². The van der Waals surface area contributed by atoms with Crippen LogP contribution in [0.2, 0.25) is 0 Å². The number of carbonyl (C=O) groups excluding carboxylic acids is 1. The topological polar surface area (TPSA) is 87.0 Å². The summed E-state index contributed by atoms with van der Waals surface area (Å²) in [5.41, 5.74) is 2.14. The van der Waals surface area contributed by atoms with Crippen molar-refractivity contribution in [1.82, 2.24) is 20.0 Å². The lowest BCUT2D eigenvalue weighted by molar-refractivity contribution is 0.0505. The number of hydrogen-bond acceptors (Lipinski definition) is 7. The van der Waals surface area contributed by atoms with E-state index in [4.69, 9.17) is 4.74 Å². The van der Waals surface area contributed by atoms with Crippen molar-refractivity contribution in [1.29, 1.82) is 0 Å². The number of aryl methyl sites for hydroxylation is 1. The first kappa shape index (κ1) is 17.3. The van der Waals surface area contributed by atoms with Crippen LogP contribution < -0.4 is 5.56 Å². The maximum Gasteiger partial charge on any atom is 0.338 e. The number of hydrogen-bond donors (Lipinski definition) is 0. The van der Waals surface area contributed by atoms with Gasteiger partial charge < -0.3 is 4.74 Å². The number of ether oxygens (including phenoxy) is 1. The molecule has 0 bridgehead atoms. The van der Waals surface area contributed by atoms with Crippen molar-refractivity contribution in [3.63, 3.8) is 0 Å². The molecule has 0 saturated heterocycles. The van der Waals surface area contributed by atoms with E-state index in [1.54, 1.807) is 24.3 Å². The molecule has 0 aliphatic carbocycles. The third-order valence-corrected chi connectivity index (χ3v) is 5.15. The van der Waals surface area contributed by atoms with Crippen LogP contribution in [-0.2, 0) is 4.74 Å². The van der Waals surface area contributed by atoms with Crippen LogP contribution in [-0.4, -0.2) is 32.6 Å². The largest absolute Gasteiger partial charge is 0.462 e. The molecule has 0 spiro atoms. The van der Waals surface area contributed by atoms with Crippen LogP contribution >= 0.6 is 11.3 Å². The van der Waals surface area contributed by atoms with E-state index in [1.165, 1.54) is 16.0 Å². The van der Waals surface area contributed by atoms with Gasteiger partial charge in [0.15, 0.2) is 0 Å². The summed E-state index contributed by atoms with van der Waals surface area (Å²) < 4.78 is 6.84. The number of nitrogens with zero attached hydrogens (tertiary/aromatic N) is 4. The number of carbonyl (C=O) groups is 1. The minimum absolute atomic E-state index is 0.262. The first-order chi connectivity index (χ1) is 13.1. The van der Waals surface area contributed by atoms with Crippen molar-refractivity contribution in [2.75, 3.05) is 6.61 Å². The third kappa shape index (κ3) is 3.08. The van der Waals surface area contributed by atoms with Crippen molar-refractivity contribution in [2.45, 2.75) is 20.3 Å². The standard InChI is InChI=1S/C19H16N4O3S/c1-3-10-26-19(25)12-5-7-13(8-6-12)23-18(24)16-15(21-22-23)14-9-4-11(2)20-17(14)27-16/h4-9H,3,10H2,1-2H3. The van der Waals surface area contributed by atoms with Gasteiger partial charge in [0, 0.05) is 11.1 Å². The number of thiophene rings is 1. The summed E-state index contributed by atoms with van der Waals surface area (Å²) in [6, 6.07) is 10.3. The fourth-order valence-corrected chi connectivity index (χ4v) is 3.79. The van der Waals surface area contributed by atoms with Gasteiger partial charge in [0.1, 0.15) is 15.0 Å². The number of rotatable bonds is 4. The third-order valence-electron chi connectivity index (χ3n) is 4.07. The highest BCUT2D eigenvalue weighted by Crippen LogP contribution is 2.28. The molecule has 0 unspecified atom stereocenters. The van der Waals surface area contributed by atoms with Crippen molar-refractivity contribution in [2.24, 2.45) is 0 Å². The molecule has 8 heteroatoms. The van der Waals surface area contributed by atoms with Gasteiger partial charge in [-0.05, 0) is 49.7 Å². The lowest BCUT2D eigenvalue weighted by Crippen LogP contribution is -2.21. The summed E-state index contributed by atoms with van der Waals surface area (Å²) in [5, 5.41) is 9.11. The lowest BCUT2D eigenvalue weighted by Gasteiger charge is -2.05. The van der Waals surface area contributed by atoms with Gasteiger partial charge in [-0.3, -0.25) is 4.79 Å². The van der Waals surface area contributed by atoms with E-state index in [9.17, 15) is 9.59 Å². The summed E-state index contributed by atoms with van der Waals surface area (Å²) in [6.07, 6.45) is 0.762. The maximum absolute atomic E-state index is 12.9. The Morgan fingerprint density at radius 2 is 1.96 bits per heavy atom. The summed E-state index contributed by atoms with van der Waals surface area (Å²) >= 11 is 1.31. The molecule has 0 N–H and O–H groups in total. The van der Waals surface area contributed by atoms with Gasteiger partial charge in [0.25, 0.3) is 5.56 Å². The molecule has 4 aromatic rings. The number of fused-ring (bicyclic) bond motifs is 3. The van der Waals surface area contributed by atoms with Gasteiger partial charge in [0.05, 0.1) is 17.9 Å². The number of pyridine rings is 1. The van der Waals surface area contributed by atoms with Crippen LogP contribution in [0.15, 0.2) is 41.2 Å². The number of aromatic nitrogens is 4. The molecular formula is C19H16N4O3S. The zero-order valence-electron chi connectivity index (χ0n) is 14.8. The van der Waals surface area contributed by atoms with Crippen molar-refractivity contribution in [3.05, 3.63) is 58.0 Å². The van der Waals surface area contributed by atoms with Crippen LogP contribution in [0.25, 0.3) is 26.1 Å². The highest BCUT2D eigenvalue weighted by molar-refractivity contribution is 7.25. The van der Waals surface area contributed by atoms with Crippen LogP contribution in [0.1, 0.15) is 29.4 Å². The Balaban J connectivity index is 1.75. The van der Waals surface area contributed by atoms with Gasteiger partial charge in [-0.15, -0.1) is 16.4 Å². The Morgan fingerprint density at radius 1 is 1.19 bits per heavy atom. The van der Waals surface area contributed by atoms with Crippen molar-refractivity contribution in [3.8, 4) is 5.69 Å². The summed E-state index contributed by atoms with van der Waals surface area (Å²) in [4.78, 5) is 30.0. The van der Waals surface area contributed by atoms with E-state index in [0.717, 1.165) is 22.3 Å². The predicted molar refractivity (Wildman–Crippen MR) is 104 cm³/mol. The zero-order chi connectivity index (χ0) is 19.0. The number of benzene rings is 1. The predicted octanol–water partition coefficient (Wildman–Crippen LogP) is 3.27. The summed E-state index contributed by atoms with van der Waals surface area (Å²) in [6.45, 7) is 4.21. The molecule has 136 valence electrons. The minimum atomic E-state index is -0.386. The molecule has 7 nitrogen and oxygen atoms in total. The van der Waals surface area contributed by atoms with E-state index in [1.807, 2.05) is 26.0 Å². The first-order valence-corrected chi connectivity index (χ1v) is 9.33. The highest BCUT2D eigenvalue weighted by Gasteiger charge is 2.15. The molecule has 0 aliphatic rings. The highest BCUT2D eigenvalue weighted by atomic mass is 32.1. The fourth-order valence-electron chi connectivity index (χ4n) is 2.71. The molecule has 1 aromatic carbocycles. The molecule has 0 amide bonds. The van der Waals surface area contributed by atoms with Gasteiger partial charge >= 0.3 is 5.97 Å². The Kier molecular flexibility index (Phi) is 4.41. The van der Waals surface area contributed by atoms with Crippen LogP contribution in [0.5, 0.6) is 0 Å². The second kappa shape index (κ2) is 6.88. The average molecular weight is 380 g/mol. The normalized spacial score (nSPS) is 11.2. The minimum Gasteiger partial charge on any atom is -0.462 e. The quantitative estimate of drug-likeness (QED) is 0.505. The van der Waals surface area contributed by atoms with Crippen molar-refractivity contribution >= 4 is 37.7 Å². The molecule has 0 saturated carbocycles. The molecule has 0 fully saturated rings. The lowest BCUT2D eigenvalue weighted by atomic mass is 10.2. The van der Waals surface area contributed by atoms with Crippen LogP contribution in [0.4, 0.5) is 0 Å². The van der Waals surface area contributed by atoms with Gasteiger partial charge in [-0.1, -0.05) is 12.1 Å². The Hall–Kier alpha value is -3.13. The molecule has 0 aliphatic heterocycles. The van der Waals surface area contributed by atoms with E-state index >= 15 is 0 Å². The molecule has 0 radical (unpaired) electrons. The second-order valence-electron chi connectivity index (χ2n) is 6.07. The van der Waals surface area contributed by atoms with E-state index in [2.05, 4.69) is 15.3 Å². The van der Waals surface area contributed by atoms with Gasteiger partial charge in [0.2, 0.25) is 0 Å². The van der Waals surface area contributed by atoms with E-state index in [-0.39, 0.29) is 11.5 Å². The SMILES string of the molecule is CCCOC(=O)c1ccc(-n2nnc3c(sc4nc(C)ccc43)c2=O)cc1. The maximum atomic E-state index is 12.9. The second-order valence-corrected chi connectivity index (χ2v) is 7.07. The molecule has 0 atom stereocenters. The zero-order valence-corrected chi connectivity index (χ0v) is 15.6. The molecule has 3 heterocycles. The van der Waals surface area contributed by atoms with Crippen molar-refractivity contribution < 1.29 is 9.53 Å². The van der Waals surface area contributed by atoms with Gasteiger partial charge in [-0.2, -0.15) is 4.68 Å². The fraction of sp³-hybridized carbons (Fsp3) is 0.211. The van der Waals surface area contributed by atoms with Gasteiger partial charge in [-0.25, -0.2) is 9.78 Å². The van der Waals surface area contributed by atoms with E-state index in [0.29, 0.717) is 28.1 Å². The average Bonchev–Trinajstić information content (AvgIpc) is 3.05. The Bertz CT molecular complexity index is 1210. The Labute approximate surface area is 158 Å².